The van der Waals surface area contributed by atoms with Gasteiger partial charge in [0, 0.05) is 43.9 Å². The lowest BCUT2D eigenvalue weighted by molar-refractivity contribution is 0.669. The van der Waals surface area contributed by atoms with Crippen molar-refractivity contribution in [1.82, 2.24) is 19.5 Å². The monoisotopic (exact) mass is 792 g/mol. The molecule has 0 saturated heterocycles. The van der Waals surface area contributed by atoms with Crippen LogP contribution in [0.1, 0.15) is 0 Å². The third-order valence-electron chi connectivity index (χ3n) is 11.9. The molecule has 3 heterocycles. The number of nitrogens with zero attached hydrogens (tertiary/aromatic N) is 4. The summed E-state index contributed by atoms with van der Waals surface area (Å²) in [6, 6.07) is 76.6. The van der Waals surface area contributed by atoms with Crippen LogP contribution < -0.4 is 0 Å². The normalized spacial score (nSPS) is 11.5. The van der Waals surface area contributed by atoms with Crippen LogP contribution >= 0.6 is 0 Å². The van der Waals surface area contributed by atoms with Crippen LogP contribution in [0.2, 0.25) is 0 Å². The van der Waals surface area contributed by atoms with Crippen molar-refractivity contribution in [2.75, 3.05) is 0 Å². The van der Waals surface area contributed by atoms with Gasteiger partial charge in [-0.25, -0.2) is 15.0 Å². The summed E-state index contributed by atoms with van der Waals surface area (Å²) in [7, 11) is 0. The molecule has 0 aliphatic heterocycles. The maximum absolute atomic E-state index is 6.27. The number of furan rings is 1. The van der Waals surface area contributed by atoms with Gasteiger partial charge in [-0.1, -0.05) is 170 Å². The molecule has 0 amide bonds. The summed E-state index contributed by atoms with van der Waals surface area (Å²) >= 11 is 0. The third kappa shape index (κ3) is 6.14. The minimum Gasteiger partial charge on any atom is -0.456 e. The molecule has 0 N–H and O–H groups in total. The van der Waals surface area contributed by atoms with Crippen LogP contribution in [0.4, 0.5) is 0 Å². The van der Waals surface area contributed by atoms with Gasteiger partial charge < -0.3 is 8.98 Å². The Morgan fingerprint density at radius 1 is 0.290 bits per heavy atom. The predicted molar refractivity (Wildman–Crippen MR) is 254 cm³/mol. The summed E-state index contributed by atoms with van der Waals surface area (Å²) in [5.74, 6) is 1.79. The van der Waals surface area contributed by atoms with E-state index in [2.05, 4.69) is 168 Å². The first-order valence-corrected chi connectivity index (χ1v) is 20.8. The van der Waals surface area contributed by atoms with Crippen molar-refractivity contribution in [1.29, 1.82) is 0 Å². The van der Waals surface area contributed by atoms with E-state index in [1.165, 1.54) is 33.0 Å². The van der Waals surface area contributed by atoms with Crippen LogP contribution in [0.25, 0.3) is 117 Å². The summed E-state index contributed by atoms with van der Waals surface area (Å²) in [4.78, 5) is 15.2. The van der Waals surface area contributed by atoms with Crippen molar-refractivity contribution in [3.05, 3.63) is 218 Å². The lowest BCUT2D eigenvalue weighted by Gasteiger charge is -2.13. The van der Waals surface area contributed by atoms with Crippen LogP contribution in [-0.2, 0) is 0 Å². The van der Waals surface area contributed by atoms with E-state index in [1.807, 2.05) is 54.6 Å². The topological polar surface area (TPSA) is 56.7 Å². The molecule has 62 heavy (non-hydrogen) atoms. The lowest BCUT2D eigenvalue weighted by Crippen LogP contribution is -2.00. The smallest absolute Gasteiger partial charge is 0.164 e. The van der Waals surface area contributed by atoms with Gasteiger partial charge in [-0.2, -0.15) is 0 Å². The average molecular weight is 793 g/mol. The number of fused-ring (bicyclic) bond motifs is 6. The Morgan fingerprint density at radius 3 is 1.60 bits per heavy atom. The van der Waals surface area contributed by atoms with Crippen molar-refractivity contribution in [2.45, 2.75) is 0 Å². The zero-order valence-electron chi connectivity index (χ0n) is 33.5. The number of hydrogen-bond donors (Lipinski definition) is 0. The van der Waals surface area contributed by atoms with Crippen molar-refractivity contribution in [2.24, 2.45) is 0 Å². The van der Waals surface area contributed by atoms with Gasteiger partial charge in [0.15, 0.2) is 17.5 Å². The molecule has 5 heteroatoms. The molecule has 0 aliphatic rings. The highest BCUT2D eigenvalue weighted by Crippen LogP contribution is 2.39. The summed E-state index contributed by atoms with van der Waals surface area (Å²) in [5.41, 5.74) is 14.7. The van der Waals surface area contributed by atoms with E-state index >= 15 is 0 Å². The van der Waals surface area contributed by atoms with E-state index in [1.54, 1.807) is 0 Å². The summed E-state index contributed by atoms with van der Waals surface area (Å²) in [6.07, 6.45) is 0. The Bertz CT molecular complexity index is 3640. The number of benzene rings is 9. The van der Waals surface area contributed by atoms with E-state index in [-0.39, 0.29) is 0 Å². The highest BCUT2D eigenvalue weighted by atomic mass is 16.3. The van der Waals surface area contributed by atoms with Gasteiger partial charge in [0.2, 0.25) is 0 Å². The molecule has 0 unspecified atom stereocenters. The summed E-state index contributed by atoms with van der Waals surface area (Å²) in [6.45, 7) is 0. The van der Waals surface area contributed by atoms with E-state index in [9.17, 15) is 0 Å². The standard InChI is InChI=1S/C57H36N4O/c1-3-15-37(16-4-1)45-23-7-8-24-46(45)41-29-31-48-47-25-9-11-27-51(47)61(52(48)35-41)44-22-14-20-40(34-44)39-19-13-21-42(33-39)56-58-55(38-17-5-2-6-18-38)59-57(60-56)43-30-32-50-49-26-10-12-28-53(49)62-54(50)36-43/h1-36H. The molecule has 5 nitrogen and oxygen atoms in total. The summed E-state index contributed by atoms with van der Waals surface area (Å²) < 4.78 is 8.67. The first-order valence-electron chi connectivity index (χ1n) is 20.8. The fourth-order valence-electron chi connectivity index (χ4n) is 8.90. The molecule has 9 aromatic carbocycles. The molecule has 12 aromatic rings. The Labute approximate surface area is 357 Å². The van der Waals surface area contributed by atoms with Crippen molar-refractivity contribution < 1.29 is 4.42 Å². The maximum atomic E-state index is 6.27. The highest BCUT2D eigenvalue weighted by molar-refractivity contribution is 6.10. The molecule has 12 rings (SSSR count). The van der Waals surface area contributed by atoms with E-state index in [4.69, 9.17) is 19.4 Å². The zero-order chi connectivity index (χ0) is 41.0. The number of para-hydroxylation sites is 2. The Balaban J connectivity index is 0.967. The van der Waals surface area contributed by atoms with Gasteiger partial charge in [0.1, 0.15) is 11.2 Å². The van der Waals surface area contributed by atoms with Crippen LogP contribution in [0, 0.1) is 0 Å². The molecule has 3 aromatic heterocycles. The molecule has 0 atom stereocenters. The van der Waals surface area contributed by atoms with Gasteiger partial charge in [0.25, 0.3) is 0 Å². The quantitative estimate of drug-likeness (QED) is 0.161. The minimum absolute atomic E-state index is 0.584. The second-order valence-corrected chi connectivity index (χ2v) is 15.6. The second kappa shape index (κ2) is 14.7. The molecule has 0 saturated carbocycles. The molecule has 0 bridgehead atoms. The molecular weight excluding hydrogens is 757 g/mol. The largest absolute Gasteiger partial charge is 0.456 e. The Morgan fingerprint density at radius 2 is 0.806 bits per heavy atom. The van der Waals surface area contributed by atoms with Gasteiger partial charge in [-0.15, -0.1) is 0 Å². The van der Waals surface area contributed by atoms with E-state index in [0.29, 0.717) is 17.5 Å². The van der Waals surface area contributed by atoms with Crippen molar-refractivity contribution >= 4 is 43.7 Å². The number of hydrogen-bond acceptors (Lipinski definition) is 4. The van der Waals surface area contributed by atoms with Gasteiger partial charge in [-0.05, 0) is 81.9 Å². The Hall–Kier alpha value is -8.41. The second-order valence-electron chi connectivity index (χ2n) is 15.6. The van der Waals surface area contributed by atoms with E-state index < -0.39 is 0 Å². The lowest BCUT2D eigenvalue weighted by atomic mass is 9.94. The van der Waals surface area contributed by atoms with Crippen molar-refractivity contribution in [3.8, 4) is 73.2 Å². The van der Waals surface area contributed by atoms with Gasteiger partial charge >= 0.3 is 0 Å². The summed E-state index contributed by atoms with van der Waals surface area (Å²) in [5, 5.41) is 4.58. The maximum Gasteiger partial charge on any atom is 0.164 e. The fourth-order valence-corrected chi connectivity index (χ4v) is 8.90. The number of aromatic nitrogens is 4. The Kier molecular flexibility index (Phi) is 8.42. The SMILES string of the molecule is c1ccc(-c2nc(-c3cccc(-c4cccc(-n5c6ccccc6c6ccc(-c7ccccc7-c7ccccc7)cc65)c4)c3)nc(-c3ccc4c(c3)oc3ccccc34)n2)cc1. The van der Waals surface area contributed by atoms with E-state index in [0.717, 1.165) is 66.5 Å². The number of rotatable bonds is 7. The van der Waals surface area contributed by atoms with Crippen LogP contribution in [0.3, 0.4) is 0 Å². The molecular formula is C57H36N4O. The van der Waals surface area contributed by atoms with Gasteiger partial charge in [0.05, 0.1) is 11.0 Å². The first kappa shape index (κ1) is 35.5. The molecule has 290 valence electrons. The molecule has 0 radical (unpaired) electrons. The predicted octanol–water partition coefficient (Wildman–Crippen LogP) is 14.9. The average Bonchev–Trinajstić information content (AvgIpc) is 3.89. The third-order valence-corrected chi connectivity index (χ3v) is 11.9. The highest BCUT2D eigenvalue weighted by Gasteiger charge is 2.18. The zero-order valence-corrected chi connectivity index (χ0v) is 33.5. The van der Waals surface area contributed by atoms with Crippen LogP contribution in [0.5, 0.6) is 0 Å². The van der Waals surface area contributed by atoms with Crippen LogP contribution in [-0.4, -0.2) is 19.5 Å². The van der Waals surface area contributed by atoms with Crippen molar-refractivity contribution in [3.63, 3.8) is 0 Å². The molecule has 0 fully saturated rings. The van der Waals surface area contributed by atoms with Crippen LogP contribution in [0.15, 0.2) is 223 Å². The molecule has 0 spiro atoms. The first-order chi connectivity index (χ1) is 30.7. The van der Waals surface area contributed by atoms with Gasteiger partial charge in [-0.3, -0.25) is 0 Å². The fraction of sp³-hybridized carbons (Fsp3) is 0. The molecule has 0 aliphatic carbocycles. The minimum atomic E-state index is 0.584.